The van der Waals surface area contributed by atoms with Crippen molar-refractivity contribution >= 4 is 5.91 Å². The Labute approximate surface area is 70.9 Å². The van der Waals surface area contributed by atoms with Gasteiger partial charge < -0.3 is 10.5 Å². The lowest BCUT2D eigenvalue weighted by Gasteiger charge is -2.16. The summed E-state index contributed by atoms with van der Waals surface area (Å²) in [5.41, 5.74) is 5.23. The van der Waals surface area contributed by atoms with E-state index < -0.39 is 0 Å². The Hall–Kier alpha value is -1.09. The number of hydrogen-bond acceptors (Lipinski definition) is 2. The zero-order valence-electron chi connectivity index (χ0n) is 6.64. The molecule has 0 aromatic heterocycles. The Morgan fingerprint density at radius 3 is 2.92 bits per heavy atom. The molecule has 3 nitrogen and oxygen atoms in total. The highest BCUT2D eigenvalue weighted by molar-refractivity contribution is 5.78. The second kappa shape index (κ2) is 2.75. The second-order valence-electron chi connectivity index (χ2n) is 3.15. The Morgan fingerprint density at radius 2 is 2.17 bits per heavy atom. The first kappa shape index (κ1) is 7.55. The van der Waals surface area contributed by atoms with E-state index in [4.69, 9.17) is 10.5 Å². The molecule has 1 aliphatic carbocycles. The normalized spacial score (nSPS) is 38.2. The molecular weight excluding hydrogens is 154 g/mol. The van der Waals surface area contributed by atoms with E-state index in [1.807, 2.05) is 24.3 Å². The van der Waals surface area contributed by atoms with Crippen LogP contribution in [-0.4, -0.2) is 18.6 Å². The first-order valence-corrected chi connectivity index (χ1v) is 4.05. The van der Waals surface area contributed by atoms with E-state index in [1.54, 1.807) is 0 Å². The van der Waals surface area contributed by atoms with Crippen molar-refractivity contribution in [3.8, 4) is 0 Å². The van der Waals surface area contributed by atoms with Crippen LogP contribution in [0.15, 0.2) is 24.3 Å². The van der Waals surface area contributed by atoms with Gasteiger partial charge in [-0.2, -0.15) is 0 Å². The zero-order valence-corrected chi connectivity index (χ0v) is 6.64. The van der Waals surface area contributed by atoms with Crippen LogP contribution < -0.4 is 5.73 Å². The number of primary amides is 1. The van der Waals surface area contributed by atoms with Gasteiger partial charge in [0.25, 0.3) is 0 Å². The van der Waals surface area contributed by atoms with Gasteiger partial charge in [0.05, 0.1) is 18.6 Å². The summed E-state index contributed by atoms with van der Waals surface area (Å²) in [5, 5.41) is 0. The van der Waals surface area contributed by atoms with E-state index >= 15 is 0 Å². The van der Waals surface area contributed by atoms with Crippen molar-refractivity contribution < 1.29 is 9.53 Å². The van der Waals surface area contributed by atoms with Crippen molar-refractivity contribution in [1.29, 1.82) is 0 Å². The Morgan fingerprint density at radius 1 is 1.42 bits per heavy atom. The van der Waals surface area contributed by atoms with Gasteiger partial charge in [-0.25, -0.2) is 0 Å². The fourth-order valence-electron chi connectivity index (χ4n) is 1.73. The van der Waals surface area contributed by atoms with Crippen LogP contribution in [0.1, 0.15) is 0 Å². The predicted molar refractivity (Wildman–Crippen MR) is 44.2 cm³/mol. The van der Waals surface area contributed by atoms with Gasteiger partial charge in [-0.15, -0.1) is 0 Å². The van der Waals surface area contributed by atoms with Crippen molar-refractivity contribution in [3.63, 3.8) is 0 Å². The minimum atomic E-state index is -0.262. The zero-order chi connectivity index (χ0) is 8.55. The summed E-state index contributed by atoms with van der Waals surface area (Å²) in [6.45, 7) is 0.458. The topological polar surface area (TPSA) is 52.3 Å². The van der Waals surface area contributed by atoms with Gasteiger partial charge in [0, 0.05) is 5.92 Å². The minimum absolute atomic E-state index is 0.0625. The van der Waals surface area contributed by atoms with E-state index in [9.17, 15) is 4.79 Å². The van der Waals surface area contributed by atoms with Crippen LogP contribution in [-0.2, 0) is 9.53 Å². The number of carbonyl (C=O) groups excluding carboxylic acids is 1. The summed E-state index contributed by atoms with van der Waals surface area (Å²) in [6.07, 6.45) is 7.89. The van der Waals surface area contributed by atoms with E-state index in [0.717, 1.165) is 0 Å². The molecule has 0 bridgehead atoms. The van der Waals surface area contributed by atoms with E-state index in [0.29, 0.717) is 6.61 Å². The molecule has 2 rings (SSSR count). The van der Waals surface area contributed by atoms with Crippen molar-refractivity contribution in [2.75, 3.05) is 6.61 Å². The first-order valence-electron chi connectivity index (χ1n) is 4.05. The number of rotatable bonds is 1. The van der Waals surface area contributed by atoms with Crippen LogP contribution in [0.2, 0.25) is 0 Å². The van der Waals surface area contributed by atoms with Gasteiger partial charge in [-0.05, 0) is 0 Å². The maximum Gasteiger partial charge on any atom is 0.223 e. The second-order valence-corrected chi connectivity index (χ2v) is 3.15. The summed E-state index contributed by atoms with van der Waals surface area (Å²) < 4.78 is 5.39. The average molecular weight is 165 g/mol. The summed E-state index contributed by atoms with van der Waals surface area (Å²) >= 11 is 0. The third-order valence-electron chi connectivity index (χ3n) is 2.42. The number of nitrogens with two attached hydrogens (primary N) is 1. The molecule has 12 heavy (non-hydrogen) atoms. The number of amides is 1. The van der Waals surface area contributed by atoms with Crippen LogP contribution in [0.25, 0.3) is 0 Å². The molecule has 1 saturated heterocycles. The molecule has 1 heterocycles. The number of fused-ring (bicyclic) bond motifs is 1. The van der Waals surface area contributed by atoms with Crippen LogP contribution in [0.4, 0.5) is 0 Å². The standard InChI is InChI=1S/C9H11NO2/c10-9(11)7-5-12-8-4-2-1-3-6(7)8/h1-4,6-8H,5H2,(H2,10,11). The Balaban J connectivity index is 2.18. The summed E-state index contributed by atoms with van der Waals surface area (Å²) in [5.74, 6) is -0.244. The molecule has 1 aliphatic heterocycles. The van der Waals surface area contributed by atoms with Crippen LogP contribution in [0.3, 0.4) is 0 Å². The lowest BCUT2D eigenvalue weighted by molar-refractivity contribution is -0.122. The van der Waals surface area contributed by atoms with E-state index in [-0.39, 0.29) is 23.8 Å². The quantitative estimate of drug-likeness (QED) is 0.604. The molecular formula is C9H11NO2. The lowest BCUT2D eigenvalue weighted by Crippen LogP contribution is -2.30. The molecule has 0 spiro atoms. The van der Waals surface area contributed by atoms with Gasteiger partial charge in [-0.3, -0.25) is 4.79 Å². The van der Waals surface area contributed by atoms with Crippen LogP contribution in [0, 0.1) is 11.8 Å². The summed E-state index contributed by atoms with van der Waals surface area (Å²) in [7, 11) is 0. The lowest BCUT2D eigenvalue weighted by atomic mass is 9.88. The Bertz CT molecular complexity index is 257. The predicted octanol–water partition coefficient (Wildman–Crippen LogP) is 0.229. The van der Waals surface area contributed by atoms with Gasteiger partial charge in [0.2, 0.25) is 5.91 Å². The molecule has 0 aromatic rings. The SMILES string of the molecule is NC(=O)C1COC2C=CC=CC21. The molecule has 1 amide bonds. The van der Waals surface area contributed by atoms with Crippen LogP contribution in [0.5, 0.6) is 0 Å². The molecule has 3 unspecified atom stereocenters. The fourth-order valence-corrected chi connectivity index (χ4v) is 1.73. The number of allylic oxidation sites excluding steroid dienone is 2. The van der Waals surface area contributed by atoms with Crippen molar-refractivity contribution in [3.05, 3.63) is 24.3 Å². The fraction of sp³-hybridized carbons (Fsp3) is 0.444. The van der Waals surface area contributed by atoms with Gasteiger partial charge in [0.1, 0.15) is 0 Å². The van der Waals surface area contributed by atoms with Gasteiger partial charge in [0.15, 0.2) is 0 Å². The minimum Gasteiger partial charge on any atom is -0.373 e. The summed E-state index contributed by atoms with van der Waals surface area (Å²) in [6, 6.07) is 0. The monoisotopic (exact) mass is 165 g/mol. The van der Waals surface area contributed by atoms with Gasteiger partial charge >= 0.3 is 0 Å². The summed E-state index contributed by atoms with van der Waals surface area (Å²) in [4.78, 5) is 10.9. The number of hydrogen-bond donors (Lipinski definition) is 1. The molecule has 0 saturated carbocycles. The van der Waals surface area contributed by atoms with Crippen molar-refractivity contribution in [2.24, 2.45) is 17.6 Å². The molecule has 1 fully saturated rings. The highest BCUT2D eigenvalue weighted by atomic mass is 16.5. The molecule has 2 N–H and O–H groups in total. The van der Waals surface area contributed by atoms with E-state index in [1.165, 1.54) is 0 Å². The number of ether oxygens (including phenoxy) is 1. The highest BCUT2D eigenvalue weighted by Crippen LogP contribution is 2.30. The largest absolute Gasteiger partial charge is 0.373 e. The smallest absolute Gasteiger partial charge is 0.223 e. The third-order valence-corrected chi connectivity index (χ3v) is 2.42. The van der Waals surface area contributed by atoms with Crippen molar-refractivity contribution in [1.82, 2.24) is 0 Å². The van der Waals surface area contributed by atoms with E-state index in [2.05, 4.69) is 0 Å². The molecule has 3 heteroatoms. The maximum absolute atomic E-state index is 10.9. The highest BCUT2D eigenvalue weighted by Gasteiger charge is 2.38. The van der Waals surface area contributed by atoms with Gasteiger partial charge in [-0.1, -0.05) is 24.3 Å². The molecule has 2 aliphatic rings. The molecule has 0 aromatic carbocycles. The Kier molecular flexibility index (Phi) is 1.73. The average Bonchev–Trinajstić information content (AvgIpc) is 2.47. The number of carbonyl (C=O) groups is 1. The molecule has 0 radical (unpaired) electrons. The third kappa shape index (κ3) is 1.06. The maximum atomic E-state index is 10.9. The molecule has 3 atom stereocenters. The van der Waals surface area contributed by atoms with Crippen molar-refractivity contribution in [2.45, 2.75) is 6.10 Å². The first-order chi connectivity index (χ1) is 5.79. The molecule has 64 valence electrons. The van der Waals surface area contributed by atoms with Crippen LogP contribution >= 0.6 is 0 Å².